The van der Waals surface area contributed by atoms with Gasteiger partial charge in [0.2, 0.25) is 0 Å². The molecule has 1 aliphatic rings. The standard InChI is InChI=1S/C20H31NO2/c1-14-8-7-11-21(18(14)19(22)23-6)13-16-9-10-17(15(2)12-16)20(3,4)5/h9-10,12,14,18H,7-8,11,13H2,1-6H3/t14-,18+/m0/s1. The van der Waals surface area contributed by atoms with Crippen molar-refractivity contribution in [3.05, 3.63) is 34.9 Å². The van der Waals surface area contributed by atoms with Gasteiger partial charge in [0.05, 0.1) is 7.11 Å². The predicted molar refractivity (Wildman–Crippen MR) is 94.5 cm³/mol. The molecule has 1 fully saturated rings. The Morgan fingerprint density at radius 1 is 1.35 bits per heavy atom. The Labute approximate surface area is 141 Å². The molecule has 0 N–H and O–H groups in total. The zero-order valence-corrected chi connectivity index (χ0v) is 15.5. The minimum atomic E-state index is -0.114. The van der Waals surface area contributed by atoms with Gasteiger partial charge in [-0.15, -0.1) is 0 Å². The van der Waals surface area contributed by atoms with Crippen molar-refractivity contribution in [1.29, 1.82) is 0 Å². The number of hydrogen-bond acceptors (Lipinski definition) is 3. The number of carbonyl (C=O) groups is 1. The third-order valence-electron chi connectivity index (χ3n) is 4.96. The van der Waals surface area contributed by atoms with Crippen molar-refractivity contribution in [2.75, 3.05) is 13.7 Å². The van der Waals surface area contributed by atoms with E-state index in [-0.39, 0.29) is 17.4 Å². The van der Waals surface area contributed by atoms with Crippen molar-refractivity contribution < 1.29 is 9.53 Å². The van der Waals surface area contributed by atoms with Crippen LogP contribution >= 0.6 is 0 Å². The van der Waals surface area contributed by atoms with Crippen LogP contribution in [-0.2, 0) is 21.5 Å². The lowest BCUT2D eigenvalue weighted by Gasteiger charge is -2.38. The van der Waals surface area contributed by atoms with E-state index in [4.69, 9.17) is 4.74 Å². The zero-order valence-electron chi connectivity index (χ0n) is 15.5. The van der Waals surface area contributed by atoms with Crippen molar-refractivity contribution in [1.82, 2.24) is 4.90 Å². The van der Waals surface area contributed by atoms with Gasteiger partial charge in [-0.1, -0.05) is 45.9 Å². The van der Waals surface area contributed by atoms with E-state index in [9.17, 15) is 4.79 Å². The molecular formula is C20H31NO2. The number of likely N-dealkylation sites (tertiary alicyclic amines) is 1. The zero-order chi connectivity index (χ0) is 17.2. The van der Waals surface area contributed by atoms with Crippen molar-refractivity contribution in [2.45, 2.75) is 65.5 Å². The molecule has 3 nitrogen and oxygen atoms in total. The molecule has 0 spiro atoms. The van der Waals surface area contributed by atoms with E-state index < -0.39 is 0 Å². The quantitative estimate of drug-likeness (QED) is 0.787. The monoisotopic (exact) mass is 317 g/mol. The number of nitrogens with zero attached hydrogens (tertiary/aromatic N) is 1. The predicted octanol–water partition coefficient (Wildman–Crippen LogP) is 4.07. The summed E-state index contributed by atoms with van der Waals surface area (Å²) in [6.45, 7) is 12.8. The van der Waals surface area contributed by atoms with E-state index in [2.05, 4.69) is 57.7 Å². The van der Waals surface area contributed by atoms with Gasteiger partial charge in [-0.05, 0) is 54.3 Å². The smallest absolute Gasteiger partial charge is 0.323 e. The molecule has 1 aliphatic heterocycles. The Kier molecular flexibility index (Phi) is 5.51. The van der Waals surface area contributed by atoms with Crippen LogP contribution in [0.15, 0.2) is 18.2 Å². The fraction of sp³-hybridized carbons (Fsp3) is 0.650. The summed E-state index contributed by atoms with van der Waals surface area (Å²) in [6, 6.07) is 6.61. The van der Waals surface area contributed by atoms with Gasteiger partial charge in [-0.3, -0.25) is 9.69 Å². The topological polar surface area (TPSA) is 29.5 Å². The third kappa shape index (κ3) is 4.14. The van der Waals surface area contributed by atoms with Gasteiger partial charge < -0.3 is 4.74 Å². The van der Waals surface area contributed by atoms with Crippen LogP contribution in [-0.4, -0.2) is 30.6 Å². The highest BCUT2D eigenvalue weighted by atomic mass is 16.5. The van der Waals surface area contributed by atoms with Crippen LogP contribution in [0.3, 0.4) is 0 Å². The Hall–Kier alpha value is -1.35. The van der Waals surface area contributed by atoms with Crippen LogP contribution in [0, 0.1) is 12.8 Å². The normalized spacial score (nSPS) is 22.9. The van der Waals surface area contributed by atoms with Crippen LogP contribution in [0.4, 0.5) is 0 Å². The molecule has 128 valence electrons. The molecule has 2 rings (SSSR count). The number of hydrogen-bond donors (Lipinski definition) is 0. The van der Waals surface area contributed by atoms with E-state index in [1.165, 1.54) is 23.8 Å². The molecule has 0 aliphatic carbocycles. The summed E-state index contributed by atoms with van der Waals surface area (Å²) < 4.78 is 5.03. The minimum Gasteiger partial charge on any atom is -0.468 e. The van der Waals surface area contributed by atoms with E-state index in [1.807, 2.05) is 0 Å². The SMILES string of the molecule is COC(=O)[C@H]1[C@@H](C)CCCN1Cc1ccc(C(C)(C)C)c(C)c1. The molecule has 0 unspecified atom stereocenters. The van der Waals surface area contributed by atoms with Crippen molar-refractivity contribution >= 4 is 5.97 Å². The maximum absolute atomic E-state index is 12.2. The van der Waals surface area contributed by atoms with Crippen molar-refractivity contribution in [3.8, 4) is 0 Å². The molecular weight excluding hydrogens is 286 g/mol. The summed E-state index contributed by atoms with van der Waals surface area (Å²) in [5.41, 5.74) is 4.16. The van der Waals surface area contributed by atoms with Crippen LogP contribution in [0.1, 0.15) is 57.2 Å². The lowest BCUT2D eigenvalue weighted by Crippen LogP contribution is -2.49. The van der Waals surface area contributed by atoms with E-state index in [1.54, 1.807) is 0 Å². The highest BCUT2D eigenvalue weighted by Crippen LogP contribution is 2.29. The summed E-state index contributed by atoms with van der Waals surface area (Å²) >= 11 is 0. The Bertz CT molecular complexity index is 559. The van der Waals surface area contributed by atoms with Crippen LogP contribution in [0.25, 0.3) is 0 Å². The largest absolute Gasteiger partial charge is 0.468 e. The number of carbonyl (C=O) groups excluding carboxylic acids is 1. The highest BCUT2D eigenvalue weighted by Gasteiger charge is 2.35. The number of aryl methyl sites for hydroxylation is 1. The Balaban J connectivity index is 2.20. The maximum Gasteiger partial charge on any atom is 0.323 e. The lowest BCUT2D eigenvalue weighted by molar-refractivity contribution is -0.150. The molecule has 3 heteroatoms. The van der Waals surface area contributed by atoms with E-state index in [0.717, 1.165) is 25.9 Å². The first-order valence-corrected chi connectivity index (χ1v) is 8.66. The number of methoxy groups -OCH3 is 1. The fourth-order valence-corrected chi connectivity index (χ4v) is 3.85. The first-order valence-electron chi connectivity index (χ1n) is 8.66. The number of ether oxygens (including phenoxy) is 1. The summed E-state index contributed by atoms with van der Waals surface area (Å²) in [5, 5.41) is 0. The molecule has 1 aromatic rings. The molecule has 0 aromatic heterocycles. The first-order chi connectivity index (χ1) is 10.7. The second kappa shape index (κ2) is 7.04. The second-order valence-corrected chi connectivity index (χ2v) is 7.96. The number of esters is 1. The van der Waals surface area contributed by atoms with Crippen LogP contribution < -0.4 is 0 Å². The lowest BCUT2D eigenvalue weighted by atomic mass is 9.83. The third-order valence-corrected chi connectivity index (χ3v) is 4.96. The maximum atomic E-state index is 12.2. The van der Waals surface area contributed by atoms with Crippen LogP contribution in [0.2, 0.25) is 0 Å². The molecule has 23 heavy (non-hydrogen) atoms. The van der Waals surface area contributed by atoms with Gasteiger partial charge in [0.25, 0.3) is 0 Å². The first kappa shape index (κ1) is 18.0. The van der Waals surface area contributed by atoms with Gasteiger partial charge in [-0.25, -0.2) is 0 Å². The van der Waals surface area contributed by atoms with Gasteiger partial charge in [0.1, 0.15) is 6.04 Å². The Morgan fingerprint density at radius 3 is 2.61 bits per heavy atom. The number of rotatable bonds is 3. The highest BCUT2D eigenvalue weighted by molar-refractivity contribution is 5.76. The molecule has 0 bridgehead atoms. The van der Waals surface area contributed by atoms with Crippen molar-refractivity contribution in [2.24, 2.45) is 5.92 Å². The summed E-state index contributed by atoms with van der Waals surface area (Å²) in [4.78, 5) is 14.4. The fourth-order valence-electron chi connectivity index (χ4n) is 3.85. The second-order valence-electron chi connectivity index (χ2n) is 7.96. The summed E-state index contributed by atoms with van der Waals surface area (Å²) in [7, 11) is 1.49. The minimum absolute atomic E-state index is 0.0970. The molecule has 0 amide bonds. The summed E-state index contributed by atoms with van der Waals surface area (Å²) in [5.74, 6) is 0.256. The number of piperidine rings is 1. The van der Waals surface area contributed by atoms with Gasteiger partial charge in [0.15, 0.2) is 0 Å². The van der Waals surface area contributed by atoms with E-state index in [0.29, 0.717) is 5.92 Å². The molecule has 1 saturated heterocycles. The average Bonchev–Trinajstić information content (AvgIpc) is 2.45. The molecule has 0 saturated carbocycles. The summed E-state index contributed by atoms with van der Waals surface area (Å²) in [6.07, 6.45) is 2.24. The van der Waals surface area contributed by atoms with Gasteiger partial charge >= 0.3 is 5.97 Å². The van der Waals surface area contributed by atoms with Crippen molar-refractivity contribution in [3.63, 3.8) is 0 Å². The molecule has 1 aromatic carbocycles. The van der Waals surface area contributed by atoms with Crippen LogP contribution in [0.5, 0.6) is 0 Å². The van der Waals surface area contributed by atoms with E-state index >= 15 is 0 Å². The Morgan fingerprint density at radius 2 is 2.04 bits per heavy atom. The van der Waals surface area contributed by atoms with Gasteiger partial charge in [-0.2, -0.15) is 0 Å². The molecule has 0 radical (unpaired) electrons. The number of benzene rings is 1. The molecule has 2 atom stereocenters. The molecule has 1 heterocycles. The van der Waals surface area contributed by atoms with Gasteiger partial charge in [0, 0.05) is 6.54 Å². The average molecular weight is 317 g/mol.